The van der Waals surface area contributed by atoms with E-state index in [2.05, 4.69) is 27.2 Å². The topological polar surface area (TPSA) is 80.3 Å². The van der Waals surface area contributed by atoms with E-state index in [-0.39, 0.29) is 11.6 Å². The largest absolute Gasteiger partial charge is 0.329 e. The van der Waals surface area contributed by atoms with Crippen LogP contribution >= 0.6 is 0 Å². The number of nitrogens with two attached hydrogens (primary N) is 1. The number of likely N-dealkylation sites (N-methyl/N-ethyl adjacent to an activating group) is 1. The first-order valence-corrected chi connectivity index (χ1v) is 7.14. The normalized spacial score (nSPS) is 21.0. The number of hydrogen-bond acceptors (Lipinski definition) is 6. The van der Waals surface area contributed by atoms with Gasteiger partial charge in [-0.15, -0.1) is 5.10 Å². The summed E-state index contributed by atoms with van der Waals surface area (Å²) in [5.74, 6) is 0. The highest BCUT2D eigenvalue weighted by Crippen LogP contribution is 2.09. The fourth-order valence-corrected chi connectivity index (χ4v) is 2.75. The summed E-state index contributed by atoms with van der Waals surface area (Å²) < 4.78 is 1.43. The van der Waals surface area contributed by atoms with Gasteiger partial charge in [-0.05, 0) is 19.2 Å². The van der Waals surface area contributed by atoms with Crippen molar-refractivity contribution in [3.8, 4) is 0 Å². The minimum Gasteiger partial charge on any atom is -0.329 e. The van der Waals surface area contributed by atoms with Gasteiger partial charge in [-0.25, -0.2) is 0 Å². The first-order valence-electron chi connectivity index (χ1n) is 7.14. The van der Waals surface area contributed by atoms with Crippen molar-refractivity contribution in [1.82, 2.24) is 24.8 Å². The molecular weight excluding hydrogens is 268 g/mol. The summed E-state index contributed by atoms with van der Waals surface area (Å²) in [4.78, 5) is 16.9. The number of rotatable bonds is 3. The van der Waals surface area contributed by atoms with Gasteiger partial charge in [-0.2, -0.15) is 4.68 Å². The zero-order valence-electron chi connectivity index (χ0n) is 12.1. The quantitative estimate of drug-likeness (QED) is 0.806. The molecule has 0 saturated carbocycles. The smallest absolute Gasteiger partial charge is 0.278 e. The van der Waals surface area contributed by atoms with E-state index in [1.807, 2.05) is 12.1 Å². The summed E-state index contributed by atoms with van der Waals surface area (Å²) in [5.41, 5.74) is 6.38. The third kappa shape index (κ3) is 2.80. The molecule has 3 rings (SSSR count). The maximum Gasteiger partial charge on any atom is 0.278 e. The molecule has 1 unspecified atom stereocenters. The van der Waals surface area contributed by atoms with Crippen LogP contribution in [0.4, 0.5) is 0 Å². The van der Waals surface area contributed by atoms with Crippen LogP contribution < -0.4 is 11.3 Å². The highest BCUT2D eigenvalue weighted by Gasteiger charge is 2.24. The van der Waals surface area contributed by atoms with Crippen LogP contribution in [0.1, 0.15) is 0 Å². The fraction of sp³-hybridized carbons (Fsp3) is 0.500. The zero-order chi connectivity index (χ0) is 14.8. The summed E-state index contributed by atoms with van der Waals surface area (Å²) in [7, 11) is 2.09. The van der Waals surface area contributed by atoms with Gasteiger partial charge in [0.25, 0.3) is 5.56 Å². The average Bonchev–Trinajstić information content (AvgIpc) is 2.51. The summed E-state index contributed by atoms with van der Waals surface area (Å²) in [6, 6.07) is 7.52. The predicted octanol–water partition coefficient (Wildman–Crippen LogP) is -0.676. The number of benzene rings is 1. The maximum atomic E-state index is 12.5. The molecule has 0 bridgehead atoms. The van der Waals surface area contributed by atoms with E-state index >= 15 is 0 Å². The standard InChI is InChI=1S/C14H20N6O/c1-18-6-7-19(11(8-15)9-18)10-20-14(21)12-4-2-3-5-13(12)16-17-20/h2-5,11H,6-10,15H2,1H3. The van der Waals surface area contributed by atoms with Crippen LogP contribution in [0.2, 0.25) is 0 Å². The minimum atomic E-state index is -0.102. The van der Waals surface area contributed by atoms with Crippen LogP contribution in [-0.2, 0) is 6.67 Å². The van der Waals surface area contributed by atoms with Gasteiger partial charge in [0.05, 0.1) is 12.1 Å². The highest BCUT2D eigenvalue weighted by molar-refractivity contribution is 5.76. The van der Waals surface area contributed by atoms with Gasteiger partial charge in [0.2, 0.25) is 0 Å². The van der Waals surface area contributed by atoms with Crippen molar-refractivity contribution in [2.45, 2.75) is 12.7 Å². The van der Waals surface area contributed by atoms with Crippen LogP contribution in [0, 0.1) is 0 Å². The Labute approximate surface area is 122 Å². The molecule has 0 radical (unpaired) electrons. The lowest BCUT2D eigenvalue weighted by molar-refractivity contribution is 0.0612. The van der Waals surface area contributed by atoms with Crippen LogP contribution in [0.15, 0.2) is 29.1 Å². The second-order valence-corrected chi connectivity index (χ2v) is 5.52. The molecule has 1 atom stereocenters. The molecule has 2 aromatic rings. The molecule has 2 N–H and O–H groups in total. The molecule has 7 nitrogen and oxygen atoms in total. The lowest BCUT2D eigenvalue weighted by atomic mass is 10.2. The molecule has 21 heavy (non-hydrogen) atoms. The Morgan fingerprint density at radius 1 is 1.33 bits per heavy atom. The monoisotopic (exact) mass is 288 g/mol. The molecule has 1 aromatic heterocycles. The van der Waals surface area contributed by atoms with Crippen molar-refractivity contribution < 1.29 is 0 Å². The second-order valence-electron chi connectivity index (χ2n) is 5.52. The summed E-state index contributed by atoms with van der Waals surface area (Å²) in [6.45, 7) is 3.75. The first kappa shape index (κ1) is 14.1. The molecule has 7 heteroatoms. The second kappa shape index (κ2) is 5.88. The fourth-order valence-electron chi connectivity index (χ4n) is 2.75. The Hall–Kier alpha value is -1.83. The third-order valence-corrected chi connectivity index (χ3v) is 4.02. The van der Waals surface area contributed by atoms with E-state index < -0.39 is 0 Å². The molecular formula is C14H20N6O. The van der Waals surface area contributed by atoms with E-state index in [1.165, 1.54) is 4.68 Å². The van der Waals surface area contributed by atoms with Crippen LogP contribution in [0.3, 0.4) is 0 Å². The van der Waals surface area contributed by atoms with E-state index in [1.54, 1.807) is 12.1 Å². The summed E-state index contributed by atoms with van der Waals surface area (Å²) in [5, 5.41) is 8.77. The van der Waals surface area contributed by atoms with Crippen molar-refractivity contribution in [1.29, 1.82) is 0 Å². The maximum absolute atomic E-state index is 12.5. The molecule has 1 saturated heterocycles. The highest BCUT2D eigenvalue weighted by atomic mass is 16.1. The Bertz CT molecular complexity index is 684. The van der Waals surface area contributed by atoms with Gasteiger partial charge in [0.1, 0.15) is 5.52 Å². The first-order chi connectivity index (χ1) is 10.2. The molecule has 2 heterocycles. The van der Waals surface area contributed by atoms with Gasteiger partial charge in [-0.1, -0.05) is 17.3 Å². The summed E-state index contributed by atoms with van der Waals surface area (Å²) >= 11 is 0. The molecule has 0 aliphatic carbocycles. The average molecular weight is 288 g/mol. The number of hydrogen-bond donors (Lipinski definition) is 1. The Balaban J connectivity index is 1.88. The zero-order valence-corrected chi connectivity index (χ0v) is 12.1. The van der Waals surface area contributed by atoms with Gasteiger partial charge in [-0.3, -0.25) is 9.69 Å². The van der Waals surface area contributed by atoms with E-state index in [0.29, 0.717) is 24.1 Å². The Morgan fingerprint density at radius 3 is 2.95 bits per heavy atom. The number of fused-ring (bicyclic) bond motifs is 1. The van der Waals surface area contributed by atoms with E-state index in [9.17, 15) is 4.79 Å². The van der Waals surface area contributed by atoms with Crippen molar-refractivity contribution in [3.63, 3.8) is 0 Å². The number of piperazine rings is 1. The van der Waals surface area contributed by atoms with Crippen molar-refractivity contribution >= 4 is 10.9 Å². The third-order valence-electron chi connectivity index (χ3n) is 4.02. The SMILES string of the molecule is CN1CCN(Cn2nnc3ccccc3c2=O)C(CN)C1. The van der Waals surface area contributed by atoms with Gasteiger partial charge in [0, 0.05) is 32.2 Å². The molecule has 0 amide bonds. The van der Waals surface area contributed by atoms with Gasteiger partial charge >= 0.3 is 0 Å². The molecule has 1 aliphatic heterocycles. The Morgan fingerprint density at radius 2 is 2.14 bits per heavy atom. The van der Waals surface area contributed by atoms with Crippen LogP contribution in [-0.4, -0.2) is 64.1 Å². The van der Waals surface area contributed by atoms with Crippen LogP contribution in [0.5, 0.6) is 0 Å². The number of nitrogens with zero attached hydrogens (tertiary/aromatic N) is 5. The van der Waals surface area contributed by atoms with Gasteiger partial charge in [0.15, 0.2) is 0 Å². The van der Waals surface area contributed by atoms with E-state index in [4.69, 9.17) is 5.73 Å². The van der Waals surface area contributed by atoms with Crippen LogP contribution in [0.25, 0.3) is 10.9 Å². The number of aromatic nitrogens is 3. The minimum absolute atomic E-state index is 0.102. The summed E-state index contributed by atoms with van der Waals surface area (Å²) in [6.07, 6.45) is 0. The Kier molecular flexibility index (Phi) is 3.96. The predicted molar refractivity (Wildman–Crippen MR) is 80.8 cm³/mol. The lowest BCUT2D eigenvalue weighted by Crippen LogP contribution is -2.55. The van der Waals surface area contributed by atoms with Crippen molar-refractivity contribution in [2.75, 3.05) is 33.2 Å². The molecule has 1 aliphatic rings. The van der Waals surface area contributed by atoms with Gasteiger partial charge < -0.3 is 10.6 Å². The molecule has 1 aromatic carbocycles. The lowest BCUT2D eigenvalue weighted by Gasteiger charge is -2.39. The molecule has 0 spiro atoms. The van der Waals surface area contributed by atoms with Crippen molar-refractivity contribution in [2.24, 2.45) is 5.73 Å². The van der Waals surface area contributed by atoms with E-state index in [0.717, 1.165) is 19.6 Å². The molecule has 112 valence electrons. The van der Waals surface area contributed by atoms with Crippen molar-refractivity contribution in [3.05, 3.63) is 34.6 Å². The molecule has 1 fully saturated rings.